The number of carbonyl (C=O) groups excluding carboxylic acids is 2. The molecule has 2 atom stereocenters. The molecule has 2 heterocycles. The van der Waals surface area contributed by atoms with Crippen LogP contribution in [-0.4, -0.2) is 48.1 Å². The first-order valence-corrected chi connectivity index (χ1v) is 10.2. The molecule has 4 rings (SSSR count). The lowest BCUT2D eigenvalue weighted by Crippen LogP contribution is -2.36. The van der Waals surface area contributed by atoms with E-state index in [0.29, 0.717) is 35.1 Å². The summed E-state index contributed by atoms with van der Waals surface area (Å²) < 4.78 is 10.9. The Hall–Kier alpha value is -2.83. The molecule has 1 amide bonds. The molecule has 6 nitrogen and oxygen atoms in total. The minimum absolute atomic E-state index is 0.0606. The van der Waals surface area contributed by atoms with Gasteiger partial charge in [0.05, 0.1) is 24.8 Å². The lowest BCUT2D eigenvalue weighted by molar-refractivity contribution is -0.140. The van der Waals surface area contributed by atoms with Crippen molar-refractivity contribution in [3.63, 3.8) is 0 Å². The molecule has 7 heteroatoms. The van der Waals surface area contributed by atoms with Crippen molar-refractivity contribution in [3.05, 3.63) is 70.3 Å². The molecular formula is C23H22ClNO5. The van der Waals surface area contributed by atoms with Crippen LogP contribution in [0.5, 0.6) is 5.75 Å². The van der Waals surface area contributed by atoms with Crippen LogP contribution in [0.1, 0.15) is 30.0 Å². The first-order valence-electron chi connectivity index (χ1n) is 9.79. The Morgan fingerprint density at radius 2 is 1.87 bits per heavy atom. The molecule has 30 heavy (non-hydrogen) atoms. The van der Waals surface area contributed by atoms with Gasteiger partial charge in [0.25, 0.3) is 11.7 Å². The predicted molar refractivity (Wildman–Crippen MR) is 112 cm³/mol. The smallest absolute Gasteiger partial charge is 0.295 e. The van der Waals surface area contributed by atoms with Gasteiger partial charge in [-0.3, -0.25) is 9.59 Å². The quantitative estimate of drug-likeness (QED) is 0.444. The molecule has 2 fully saturated rings. The van der Waals surface area contributed by atoms with E-state index in [2.05, 4.69) is 0 Å². The van der Waals surface area contributed by atoms with E-state index < -0.39 is 17.7 Å². The SMILES string of the molecule is COc1ccc([C@H]2C(=C(O)c3ccc(Cl)cc3)C(=O)C(=O)N2C[C@H]2CCCO2)cc1. The summed E-state index contributed by atoms with van der Waals surface area (Å²) in [5.41, 5.74) is 1.20. The Bertz CT molecular complexity index is 978. The number of rotatable bonds is 5. The normalized spacial score (nSPS) is 23.2. The van der Waals surface area contributed by atoms with E-state index in [0.717, 1.165) is 12.8 Å². The molecule has 0 aromatic heterocycles. The third-order valence-electron chi connectivity index (χ3n) is 5.51. The van der Waals surface area contributed by atoms with Crippen LogP contribution >= 0.6 is 11.6 Å². The van der Waals surface area contributed by atoms with Crippen LogP contribution in [0.15, 0.2) is 54.1 Å². The van der Waals surface area contributed by atoms with E-state index in [4.69, 9.17) is 21.1 Å². The molecule has 0 aliphatic carbocycles. The van der Waals surface area contributed by atoms with E-state index in [-0.39, 0.29) is 17.4 Å². The topological polar surface area (TPSA) is 76.1 Å². The second-order valence-electron chi connectivity index (χ2n) is 7.37. The van der Waals surface area contributed by atoms with Crippen molar-refractivity contribution in [1.82, 2.24) is 4.90 Å². The van der Waals surface area contributed by atoms with Crippen molar-refractivity contribution in [2.24, 2.45) is 0 Å². The second kappa shape index (κ2) is 8.50. The molecule has 0 radical (unpaired) electrons. The molecule has 2 aromatic rings. The standard InChI is InChI=1S/C23H22ClNO5/c1-29-17-10-6-14(7-11-17)20-19(21(26)15-4-8-16(24)9-5-15)22(27)23(28)25(20)13-18-3-2-12-30-18/h4-11,18,20,26H,2-3,12-13H2,1H3/t18-,20+/m1/s1. The van der Waals surface area contributed by atoms with Crippen LogP contribution < -0.4 is 4.74 Å². The monoisotopic (exact) mass is 427 g/mol. The highest BCUT2D eigenvalue weighted by Gasteiger charge is 2.47. The molecular weight excluding hydrogens is 406 g/mol. The van der Waals surface area contributed by atoms with Crippen molar-refractivity contribution in [2.75, 3.05) is 20.3 Å². The number of aliphatic hydroxyl groups excluding tert-OH is 1. The fourth-order valence-corrected chi connectivity index (χ4v) is 4.10. The molecule has 0 saturated carbocycles. The van der Waals surface area contributed by atoms with Gasteiger partial charge in [0, 0.05) is 23.7 Å². The van der Waals surface area contributed by atoms with E-state index in [9.17, 15) is 14.7 Å². The summed E-state index contributed by atoms with van der Waals surface area (Å²) in [7, 11) is 1.57. The Balaban J connectivity index is 1.80. The number of methoxy groups -OCH3 is 1. The van der Waals surface area contributed by atoms with E-state index in [1.165, 1.54) is 4.90 Å². The minimum atomic E-state index is -0.712. The van der Waals surface area contributed by atoms with Crippen LogP contribution in [0.2, 0.25) is 5.02 Å². The Morgan fingerprint density at radius 3 is 2.47 bits per heavy atom. The predicted octanol–water partition coefficient (Wildman–Crippen LogP) is 3.95. The molecule has 0 spiro atoms. The van der Waals surface area contributed by atoms with Gasteiger partial charge in [-0.2, -0.15) is 0 Å². The number of Topliss-reactive ketones (excluding diaryl/α,β-unsaturated/α-hetero) is 1. The number of ether oxygens (including phenoxy) is 2. The summed E-state index contributed by atoms with van der Waals surface area (Å²) in [5.74, 6) is -0.906. The van der Waals surface area contributed by atoms with Gasteiger partial charge in [-0.1, -0.05) is 23.7 Å². The maximum Gasteiger partial charge on any atom is 0.295 e. The number of aliphatic hydroxyl groups is 1. The van der Waals surface area contributed by atoms with E-state index >= 15 is 0 Å². The fourth-order valence-electron chi connectivity index (χ4n) is 3.97. The zero-order valence-electron chi connectivity index (χ0n) is 16.5. The van der Waals surface area contributed by atoms with Gasteiger partial charge in [-0.15, -0.1) is 0 Å². The van der Waals surface area contributed by atoms with Crippen LogP contribution in [0, 0.1) is 0 Å². The molecule has 2 aliphatic rings. The number of benzene rings is 2. The zero-order chi connectivity index (χ0) is 21.3. The first-order chi connectivity index (χ1) is 14.5. The number of carbonyl (C=O) groups is 2. The molecule has 2 aromatic carbocycles. The summed E-state index contributed by atoms with van der Waals surface area (Å²) in [6.45, 7) is 0.936. The minimum Gasteiger partial charge on any atom is -0.507 e. The summed E-state index contributed by atoms with van der Waals surface area (Å²) in [4.78, 5) is 27.4. The number of hydrogen-bond donors (Lipinski definition) is 1. The van der Waals surface area contributed by atoms with Crippen LogP contribution in [0.4, 0.5) is 0 Å². The molecule has 2 aliphatic heterocycles. The lowest BCUT2D eigenvalue weighted by Gasteiger charge is -2.27. The summed E-state index contributed by atoms with van der Waals surface area (Å²) in [6, 6.07) is 12.9. The first kappa shape index (κ1) is 20.4. The average molecular weight is 428 g/mol. The summed E-state index contributed by atoms with van der Waals surface area (Å²) in [5, 5.41) is 11.5. The van der Waals surface area contributed by atoms with Crippen molar-refractivity contribution in [2.45, 2.75) is 25.0 Å². The number of hydrogen-bond acceptors (Lipinski definition) is 5. The third kappa shape index (κ3) is 3.80. The van der Waals surface area contributed by atoms with E-state index in [1.807, 2.05) is 0 Å². The Kier molecular flexibility index (Phi) is 5.79. The largest absolute Gasteiger partial charge is 0.507 e. The maximum absolute atomic E-state index is 13.0. The van der Waals surface area contributed by atoms with Gasteiger partial charge >= 0.3 is 0 Å². The van der Waals surface area contributed by atoms with Crippen LogP contribution in [0.25, 0.3) is 5.76 Å². The fraction of sp³-hybridized carbons (Fsp3) is 0.304. The van der Waals surface area contributed by atoms with Gasteiger partial charge in [-0.25, -0.2) is 0 Å². The Labute approximate surface area is 179 Å². The lowest BCUT2D eigenvalue weighted by atomic mass is 9.95. The zero-order valence-corrected chi connectivity index (χ0v) is 17.3. The van der Waals surface area contributed by atoms with Gasteiger partial charge in [0.15, 0.2) is 0 Å². The van der Waals surface area contributed by atoms with Crippen molar-refractivity contribution < 1.29 is 24.2 Å². The number of nitrogens with zero attached hydrogens (tertiary/aromatic N) is 1. The van der Waals surface area contributed by atoms with Crippen LogP contribution in [-0.2, 0) is 14.3 Å². The van der Waals surface area contributed by atoms with Gasteiger partial charge < -0.3 is 19.5 Å². The van der Waals surface area contributed by atoms with Crippen molar-refractivity contribution >= 4 is 29.1 Å². The van der Waals surface area contributed by atoms with Crippen molar-refractivity contribution in [3.8, 4) is 5.75 Å². The molecule has 156 valence electrons. The van der Waals surface area contributed by atoms with Gasteiger partial charge in [0.1, 0.15) is 11.5 Å². The summed E-state index contributed by atoms with van der Waals surface area (Å²) in [6.07, 6.45) is 1.63. The van der Waals surface area contributed by atoms with Gasteiger partial charge in [-0.05, 0) is 54.8 Å². The van der Waals surface area contributed by atoms with Gasteiger partial charge in [0.2, 0.25) is 0 Å². The molecule has 2 saturated heterocycles. The highest BCUT2D eigenvalue weighted by molar-refractivity contribution is 6.46. The summed E-state index contributed by atoms with van der Waals surface area (Å²) >= 11 is 5.95. The second-order valence-corrected chi connectivity index (χ2v) is 7.80. The Morgan fingerprint density at radius 1 is 1.17 bits per heavy atom. The molecule has 0 bridgehead atoms. The van der Waals surface area contributed by atoms with E-state index in [1.54, 1.807) is 55.6 Å². The number of ketones is 1. The average Bonchev–Trinajstić information content (AvgIpc) is 3.36. The van der Waals surface area contributed by atoms with Crippen molar-refractivity contribution in [1.29, 1.82) is 0 Å². The maximum atomic E-state index is 13.0. The molecule has 0 unspecified atom stereocenters. The third-order valence-corrected chi connectivity index (χ3v) is 5.77. The van der Waals surface area contributed by atoms with Crippen LogP contribution in [0.3, 0.4) is 0 Å². The number of amides is 1. The highest BCUT2D eigenvalue weighted by atomic mass is 35.5. The number of likely N-dealkylation sites (tertiary alicyclic amines) is 1. The number of halogens is 1. The highest BCUT2D eigenvalue weighted by Crippen LogP contribution is 2.40. The molecule has 1 N–H and O–H groups in total.